The van der Waals surface area contributed by atoms with Crippen LogP contribution in [0, 0.1) is 0 Å². The van der Waals surface area contributed by atoms with Gasteiger partial charge in [0.25, 0.3) is 0 Å². The number of amides is 2. The smallest absolute Gasteiger partial charge is 0.326 e. The fourth-order valence-corrected chi connectivity index (χ4v) is 2.68. The molecule has 3 aromatic rings. The molecule has 2 aromatic carbocycles. The van der Waals surface area contributed by atoms with E-state index in [0.717, 1.165) is 5.56 Å². The van der Waals surface area contributed by atoms with Crippen molar-refractivity contribution in [1.29, 1.82) is 0 Å². The zero-order chi connectivity index (χ0) is 18.4. The average Bonchev–Trinajstić information content (AvgIpc) is 2.67. The quantitative estimate of drug-likeness (QED) is 0.691. The van der Waals surface area contributed by atoms with Gasteiger partial charge >= 0.3 is 6.03 Å². The second-order valence-corrected chi connectivity index (χ2v) is 6.03. The maximum absolute atomic E-state index is 12.9. The topological polar surface area (TPSA) is 54.5 Å². The Morgan fingerprint density at radius 2 is 2.00 bits per heavy atom. The van der Waals surface area contributed by atoms with Crippen LogP contribution in [-0.2, 0) is 6.54 Å². The first kappa shape index (κ1) is 17.8. The van der Waals surface area contributed by atoms with Gasteiger partial charge in [-0.2, -0.15) is 0 Å². The fraction of sp³-hybridized carbons (Fsp3) is 0.100. The van der Waals surface area contributed by atoms with E-state index in [2.05, 4.69) is 10.3 Å². The Bertz CT molecular complexity index is 887. The molecule has 0 unspecified atom stereocenters. The number of anilines is 2. The molecule has 0 spiro atoms. The van der Waals surface area contributed by atoms with Crippen molar-refractivity contribution in [2.75, 3.05) is 17.3 Å². The highest BCUT2D eigenvalue weighted by molar-refractivity contribution is 6.30. The van der Waals surface area contributed by atoms with Crippen molar-refractivity contribution in [3.8, 4) is 5.75 Å². The molecule has 0 aliphatic heterocycles. The first-order valence-electron chi connectivity index (χ1n) is 8.03. The number of carbonyl (C=O) groups excluding carboxylic acids is 1. The number of hydrogen-bond acceptors (Lipinski definition) is 3. The van der Waals surface area contributed by atoms with E-state index in [9.17, 15) is 4.79 Å². The van der Waals surface area contributed by atoms with Crippen molar-refractivity contribution in [2.24, 2.45) is 0 Å². The number of rotatable bonds is 5. The summed E-state index contributed by atoms with van der Waals surface area (Å²) in [5.74, 6) is 0.675. The van der Waals surface area contributed by atoms with E-state index >= 15 is 0 Å². The number of ether oxygens (including phenoxy) is 1. The Balaban J connectivity index is 1.89. The highest BCUT2D eigenvalue weighted by Gasteiger charge is 2.17. The summed E-state index contributed by atoms with van der Waals surface area (Å²) in [4.78, 5) is 18.7. The lowest BCUT2D eigenvalue weighted by molar-refractivity contribution is 0.256. The third-order valence-electron chi connectivity index (χ3n) is 3.75. The first-order chi connectivity index (χ1) is 12.7. The summed E-state index contributed by atoms with van der Waals surface area (Å²) in [5, 5.41) is 3.44. The Labute approximate surface area is 157 Å². The molecule has 2 amide bonds. The number of methoxy groups -OCH3 is 1. The zero-order valence-corrected chi connectivity index (χ0v) is 15.0. The van der Waals surface area contributed by atoms with Gasteiger partial charge in [-0.05, 0) is 42.0 Å². The number of halogens is 1. The summed E-state index contributed by atoms with van der Waals surface area (Å²) in [6.45, 7) is 0.368. The van der Waals surface area contributed by atoms with Crippen LogP contribution in [0.5, 0.6) is 5.75 Å². The molecule has 3 rings (SSSR count). The monoisotopic (exact) mass is 367 g/mol. The number of hydrogen-bond donors (Lipinski definition) is 1. The minimum absolute atomic E-state index is 0.274. The molecule has 0 atom stereocenters. The van der Waals surface area contributed by atoms with Crippen LogP contribution in [0.2, 0.25) is 5.02 Å². The molecular weight excluding hydrogens is 350 g/mol. The van der Waals surface area contributed by atoms with Crippen molar-refractivity contribution in [3.63, 3.8) is 0 Å². The predicted molar refractivity (Wildman–Crippen MR) is 104 cm³/mol. The number of aromatic nitrogens is 1. The van der Waals surface area contributed by atoms with Gasteiger partial charge in [0.2, 0.25) is 0 Å². The van der Waals surface area contributed by atoms with E-state index in [1.165, 1.54) is 0 Å². The van der Waals surface area contributed by atoms with Crippen molar-refractivity contribution in [3.05, 3.63) is 83.6 Å². The Morgan fingerprint density at radius 3 is 2.73 bits per heavy atom. The standard InChI is InChI=1S/C20H18ClN3O2/c1-26-19-9-3-8-18(12-19)24(14-15-5-4-10-22-13-15)20(25)23-17-7-2-6-16(21)11-17/h2-13H,14H2,1H3,(H,23,25). The highest BCUT2D eigenvalue weighted by Crippen LogP contribution is 2.24. The van der Waals surface area contributed by atoms with Crippen LogP contribution in [0.4, 0.5) is 16.2 Å². The highest BCUT2D eigenvalue weighted by atomic mass is 35.5. The molecule has 0 fully saturated rings. The van der Waals surface area contributed by atoms with Gasteiger partial charge in [-0.1, -0.05) is 29.8 Å². The third-order valence-corrected chi connectivity index (χ3v) is 3.98. The van der Waals surface area contributed by atoms with Gasteiger partial charge in [-0.15, -0.1) is 0 Å². The van der Waals surface area contributed by atoms with Crippen LogP contribution < -0.4 is 15.0 Å². The SMILES string of the molecule is COc1cccc(N(Cc2cccnc2)C(=O)Nc2cccc(Cl)c2)c1. The molecule has 1 N–H and O–H groups in total. The van der Waals surface area contributed by atoms with Gasteiger partial charge in [-0.3, -0.25) is 9.88 Å². The van der Waals surface area contributed by atoms with Crippen molar-refractivity contribution < 1.29 is 9.53 Å². The van der Waals surface area contributed by atoms with Crippen LogP contribution in [0.1, 0.15) is 5.56 Å². The molecule has 0 radical (unpaired) electrons. The molecular formula is C20H18ClN3O2. The molecule has 0 aliphatic carbocycles. The summed E-state index contributed by atoms with van der Waals surface area (Å²) in [6.07, 6.45) is 3.44. The van der Waals surface area contributed by atoms with Crippen LogP contribution in [0.15, 0.2) is 73.1 Å². The van der Waals surface area contributed by atoms with Gasteiger partial charge in [0.05, 0.1) is 13.7 Å². The minimum Gasteiger partial charge on any atom is -0.497 e. The van der Waals surface area contributed by atoms with Crippen molar-refractivity contribution in [1.82, 2.24) is 4.98 Å². The maximum atomic E-state index is 12.9. The number of benzene rings is 2. The van der Waals surface area contributed by atoms with E-state index in [1.54, 1.807) is 48.7 Å². The summed E-state index contributed by atoms with van der Waals surface area (Å²) < 4.78 is 5.28. The molecule has 132 valence electrons. The lowest BCUT2D eigenvalue weighted by atomic mass is 10.2. The van der Waals surface area contributed by atoms with Gasteiger partial charge in [0.1, 0.15) is 5.75 Å². The van der Waals surface area contributed by atoms with Crippen molar-refractivity contribution in [2.45, 2.75) is 6.54 Å². The zero-order valence-electron chi connectivity index (χ0n) is 14.2. The van der Waals surface area contributed by atoms with Crippen molar-refractivity contribution >= 4 is 29.0 Å². The predicted octanol–water partition coefficient (Wildman–Crippen LogP) is 4.98. The number of nitrogens with zero attached hydrogens (tertiary/aromatic N) is 2. The average molecular weight is 368 g/mol. The molecule has 0 saturated carbocycles. The summed E-state index contributed by atoms with van der Waals surface area (Å²) in [7, 11) is 1.59. The maximum Gasteiger partial charge on any atom is 0.326 e. The second-order valence-electron chi connectivity index (χ2n) is 5.59. The van der Waals surface area contributed by atoms with Crippen LogP contribution >= 0.6 is 11.6 Å². The van der Waals surface area contributed by atoms with Crippen LogP contribution in [-0.4, -0.2) is 18.1 Å². The summed E-state index contributed by atoms with van der Waals surface area (Å²) in [6, 6.07) is 17.9. The fourth-order valence-electron chi connectivity index (χ4n) is 2.49. The van der Waals surface area contributed by atoms with Gasteiger partial charge in [0, 0.05) is 34.9 Å². The number of nitrogens with one attached hydrogen (secondary N) is 1. The molecule has 1 heterocycles. The largest absolute Gasteiger partial charge is 0.497 e. The normalized spacial score (nSPS) is 10.2. The van der Waals surface area contributed by atoms with Crippen LogP contribution in [0.25, 0.3) is 0 Å². The lowest BCUT2D eigenvalue weighted by Crippen LogP contribution is -2.34. The molecule has 1 aromatic heterocycles. The Hall–Kier alpha value is -3.05. The molecule has 5 nitrogen and oxygen atoms in total. The molecule has 0 saturated heterocycles. The number of urea groups is 1. The van der Waals surface area contributed by atoms with E-state index < -0.39 is 0 Å². The summed E-state index contributed by atoms with van der Waals surface area (Å²) >= 11 is 6.00. The summed E-state index contributed by atoms with van der Waals surface area (Å²) in [5.41, 5.74) is 2.26. The van der Waals surface area contributed by atoms with Gasteiger partial charge < -0.3 is 10.1 Å². The Morgan fingerprint density at radius 1 is 1.15 bits per heavy atom. The minimum atomic E-state index is -0.274. The molecule has 0 bridgehead atoms. The van der Waals surface area contributed by atoms with Gasteiger partial charge in [0.15, 0.2) is 0 Å². The third kappa shape index (κ3) is 4.52. The van der Waals surface area contributed by atoms with E-state index in [-0.39, 0.29) is 6.03 Å². The van der Waals surface area contributed by atoms with E-state index in [0.29, 0.717) is 28.7 Å². The molecule has 26 heavy (non-hydrogen) atoms. The lowest BCUT2D eigenvalue weighted by Gasteiger charge is -2.24. The van der Waals surface area contributed by atoms with Gasteiger partial charge in [-0.25, -0.2) is 4.79 Å². The Kier molecular flexibility index (Phi) is 5.71. The molecule has 0 aliphatic rings. The molecule has 6 heteroatoms. The first-order valence-corrected chi connectivity index (χ1v) is 8.40. The number of pyridine rings is 1. The van der Waals surface area contributed by atoms with E-state index in [4.69, 9.17) is 16.3 Å². The van der Waals surface area contributed by atoms with E-state index in [1.807, 2.05) is 36.4 Å². The van der Waals surface area contributed by atoms with Crippen LogP contribution in [0.3, 0.4) is 0 Å². The second kappa shape index (κ2) is 8.36. The number of carbonyl (C=O) groups is 1.